The first-order chi connectivity index (χ1) is 7.25. The molecule has 15 heavy (non-hydrogen) atoms. The zero-order chi connectivity index (χ0) is 10.7. The topological polar surface area (TPSA) is 61.9 Å². The molecule has 1 saturated carbocycles. The smallest absolute Gasteiger partial charge is 0.222 e. The molecule has 1 heterocycles. The van der Waals surface area contributed by atoms with E-state index in [4.69, 9.17) is 0 Å². The molecule has 82 valence electrons. The summed E-state index contributed by atoms with van der Waals surface area (Å²) in [5, 5.41) is 6.50. The monoisotopic (exact) mass is 208 g/mol. The van der Waals surface area contributed by atoms with Gasteiger partial charge >= 0.3 is 0 Å². The van der Waals surface area contributed by atoms with Crippen LogP contribution in [-0.2, 0) is 11.3 Å². The van der Waals surface area contributed by atoms with Crippen molar-refractivity contribution in [3.8, 4) is 0 Å². The molecule has 0 aromatic carbocycles. The number of rotatable bonds is 4. The molecule has 5 nitrogen and oxygen atoms in total. The number of amides is 1. The Morgan fingerprint density at radius 3 is 3.00 bits per heavy atom. The maximum absolute atomic E-state index is 11.7. The van der Waals surface area contributed by atoms with E-state index in [1.54, 1.807) is 4.90 Å². The van der Waals surface area contributed by atoms with E-state index in [9.17, 15) is 4.79 Å². The molecular weight excluding hydrogens is 192 g/mol. The molecule has 0 radical (unpaired) electrons. The van der Waals surface area contributed by atoms with Crippen molar-refractivity contribution < 1.29 is 4.79 Å². The molecule has 1 aromatic heterocycles. The first kappa shape index (κ1) is 10.1. The van der Waals surface area contributed by atoms with E-state index in [1.165, 1.54) is 25.6 Å². The highest BCUT2D eigenvalue weighted by Crippen LogP contribution is 2.29. The molecule has 2 rings (SSSR count). The number of nitrogens with zero attached hydrogens (tertiary/aromatic N) is 3. The molecule has 1 fully saturated rings. The minimum atomic E-state index is 0.205. The Kier molecular flexibility index (Phi) is 2.99. The fourth-order valence-electron chi connectivity index (χ4n) is 1.72. The lowest BCUT2D eigenvalue weighted by Gasteiger charge is -2.26. The molecule has 1 N–H and O–H groups in total. The highest BCUT2D eigenvalue weighted by Gasteiger charge is 2.22. The molecule has 0 saturated heterocycles. The third-order valence-corrected chi connectivity index (χ3v) is 2.97. The van der Waals surface area contributed by atoms with Crippen molar-refractivity contribution in [3.05, 3.63) is 12.2 Å². The standard InChI is InChI=1S/C10H16N4O/c1-14(6-9-11-7-12-13-9)10(15)5-8-3-2-4-8/h7-8H,2-6H2,1H3,(H,11,12,13). The number of nitrogens with one attached hydrogen (secondary N) is 1. The number of H-pyrrole nitrogens is 1. The van der Waals surface area contributed by atoms with Crippen LogP contribution in [0.4, 0.5) is 0 Å². The molecule has 0 bridgehead atoms. The van der Waals surface area contributed by atoms with E-state index in [-0.39, 0.29) is 5.91 Å². The normalized spacial score (nSPS) is 16.1. The van der Waals surface area contributed by atoms with Gasteiger partial charge in [-0.1, -0.05) is 6.42 Å². The van der Waals surface area contributed by atoms with E-state index in [1.807, 2.05) is 7.05 Å². The third kappa shape index (κ3) is 2.55. The zero-order valence-corrected chi connectivity index (χ0v) is 8.94. The van der Waals surface area contributed by atoms with Crippen molar-refractivity contribution in [1.82, 2.24) is 20.1 Å². The second-order valence-corrected chi connectivity index (χ2v) is 4.18. The van der Waals surface area contributed by atoms with Crippen LogP contribution >= 0.6 is 0 Å². The molecule has 1 aliphatic carbocycles. The van der Waals surface area contributed by atoms with Crippen molar-refractivity contribution >= 4 is 5.91 Å². The van der Waals surface area contributed by atoms with Crippen LogP contribution in [0.5, 0.6) is 0 Å². The largest absolute Gasteiger partial charge is 0.338 e. The number of hydrogen-bond donors (Lipinski definition) is 1. The van der Waals surface area contributed by atoms with Gasteiger partial charge in [0, 0.05) is 13.5 Å². The van der Waals surface area contributed by atoms with Gasteiger partial charge in [0.05, 0.1) is 6.54 Å². The van der Waals surface area contributed by atoms with Crippen molar-refractivity contribution in [3.63, 3.8) is 0 Å². The number of carbonyl (C=O) groups is 1. The average Bonchev–Trinajstić information content (AvgIpc) is 2.63. The first-order valence-corrected chi connectivity index (χ1v) is 5.34. The Balaban J connectivity index is 1.79. The summed E-state index contributed by atoms with van der Waals surface area (Å²) in [6, 6.07) is 0. The Hall–Kier alpha value is -1.39. The van der Waals surface area contributed by atoms with Gasteiger partial charge in [0.1, 0.15) is 12.2 Å². The van der Waals surface area contributed by atoms with E-state index < -0.39 is 0 Å². The summed E-state index contributed by atoms with van der Waals surface area (Å²) in [5.41, 5.74) is 0. The van der Waals surface area contributed by atoms with Gasteiger partial charge in [-0.3, -0.25) is 9.89 Å². The summed E-state index contributed by atoms with van der Waals surface area (Å²) < 4.78 is 0. The predicted octanol–water partition coefficient (Wildman–Crippen LogP) is 0.953. The van der Waals surface area contributed by atoms with Crippen molar-refractivity contribution in [1.29, 1.82) is 0 Å². The van der Waals surface area contributed by atoms with E-state index in [0.717, 1.165) is 5.82 Å². The van der Waals surface area contributed by atoms with Crippen LogP contribution in [0.3, 0.4) is 0 Å². The van der Waals surface area contributed by atoms with Gasteiger partial charge < -0.3 is 4.90 Å². The average molecular weight is 208 g/mol. The van der Waals surface area contributed by atoms with Crippen LogP contribution in [0.25, 0.3) is 0 Å². The maximum atomic E-state index is 11.7. The van der Waals surface area contributed by atoms with Crippen LogP contribution in [0, 0.1) is 5.92 Å². The Morgan fingerprint density at radius 1 is 1.67 bits per heavy atom. The van der Waals surface area contributed by atoms with Crippen molar-refractivity contribution in [2.45, 2.75) is 32.2 Å². The van der Waals surface area contributed by atoms with Crippen molar-refractivity contribution in [2.75, 3.05) is 7.05 Å². The zero-order valence-electron chi connectivity index (χ0n) is 8.94. The van der Waals surface area contributed by atoms with Gasteiger partial charge in [0.2, 0.25) is 5.91 Å². The SMILES string of the molecule is CN(Cc1ncn[nH]1)C(=O)CC1CCC1. The van der Waals surface area contributed by atoms with E-state index in [0.29, 0.717) is 18.9 Å². The summed E-state index contributed by atoms with van der Waals surface area (Å²) in [7, 11) is 1.81. The number of aromatic nitrogens is 3. The van der Waals surface area contributed by atoms with Crippen LogP contribution < -0.4 is 0 Å². The highest BCUT2D eigenvalue weighted by atomic mass is 16.2. The maximum Gasteiger partial charge on any atom is 0.222 e. The van der Waals surface area contributed by atoms with Gasteiger partial charge in [-0.15, -0.1) is 0 Å². The molecule has 0 unspecified atom stereocenters. The minimum Gasteiger partial charge on any atom is -0.338 e. The molecule has 0 aliphatic heterocycles. The highest BCUT2D eigenvalue weighted by molar-refractivity contribution is 5.76. The van der Waals surface area contributed by atoms with Gasteiger partial charge in [0.25, 0.3) is 0 Å². The predicted molar refractivity (Wildman–Crippen MR) is 54.8 cm³/mol. The van der Waals surface area contributed by atoms with Gasteiger partial charge in [-0.05, 0) is 18.8 Å². The van der Waals surface area contributed by atoms with Crippen LogP contribution in [-0.4, -0.2) is 33.0 Å². The lowest BCUT2D eigenvalue weighted by molar-refractivity contribution is -0.132. The van der Waals surface area contributed by atoms with Crippen LogP contribution in [0.15, 0.2) is 6.33 Å². The summed E-state index contributed by atoms with van der Waals surface area (Å²) in [6.07, 6.45) is 5.84. The molecule has 1 aliphatic rings. The quantitative estimate of drug-likeness (QED) is 0.801. The first-order valence-electron chi connectivity index (χ1n) is 5.34. The lowest BCUT2D eigenvalue weighted by Crippen LogP contribution is -2.30. The molecule has 5 heteroatoms. The molecular formula is C10H16N4O. The number of hydrogen-bond acceptors (Lipinski definition) is 3. The minimum absolute atomic E-state index is 0.205. The summed E-state index contributed by atoms with van der Waals surface area (Å²) in [5.74, 6) is 1.56. The summed E-state index contributed by atoms with van der Waals surface area (Å²) in [4.78, 5) is 17.4. The summed E-state index contributed by atoms with van der Waals surface area (Å²) in [6.45, 7) is 0.519. The fraction of sp³-hybridized carbons (Fsp3) is 0.700. The summed E-state index contributed by atoms with van der Waals surface area (Å²) >= 11 is 0. The van der Waals surface area contributed by atoms with E-state index in [2.05, 4.69) is 15.2 Å². The molecule has 1 aromatic rings. The molecule has 0 spiro atoms. The van der Waals surface area contributed by atoms with Crippen molar-refractivity contribution in [2.24, 2.45) is 5.92 Å². The van der Waals surface area contributed by atoms with Crippen LogP contribution in [0.2, 0.25) is 0 Å². The van der Waals surface area contributed by atoms with Gasteiger partial charge in [0.15, 0.2) is 0 Å². The Bertz CT molecular complexity index is 318. The molecule has 1 amide bonds. The number of carbonyl (C=O) groups excluding carboxylic acids is 1. The third-order valence-electron chi connectivity index (χ3n) is 2.97. The van der Waals surface area contributed by atoms with Gasteiger partial charge in [-0.25, -0.2) is 4.98 Å². The second kappa shape index (κ2) is 4.42. The second-order valence-electron chi connectivity index (χ2n) is 4.18. The molecule has 0 atom stereocenters. The van der Waals surface area contributed by atoms with Gasteiger partial charge in [-0.2, -0.15) is 5.10 Å². The Morgan fingerprint density at radius 2 is 2.47 bits per heavy atom. The lowest BCUT2D eigenvalue weighted by atomic mass is 9.83. The fourth-order valence-corrected chi connectivity index (χ4v) is 1.72. The van der Waals surface area contributed by atoms with Crippen LogP contribution in [0.1, 0.15) is 31.5 Å². The number of aromatic amines is 1. The van der Waals surface area contributed by atoms with E-state index >= 15 is 0 Å². The Labute approximate surface area is 88.9 Å².